The Morgan fingerprint density at radius 3 is 2.48 bits per heavy atom. The van der Waals surface area contributed by atoms with Gasteiger partial charge in [0.2, 0.25) is 17.7 Å². The van der Waals surface area contributed by atoms with Crippen LogP contribution in [-0.2, 0) is 20.8 Å². The molecule has 2 fully saturated rings. The van der Waals surface area contributed by atoms with Crippen molar-refractivity contribution in [3.05, 3.63) is 34.9 Å². The highest BCUT2D eigenvalue weighted by Crippen LogP contribution is 2.32. The number of halogens is 3. The Bertz CT molecular complexity index is 1030. The molecule has 2 saturated heterocycles. The van der Waals surface area contributed by atoms with E-state index in [9.17, 15) is 37.1 Å². The molecule has 1 N–H and O–H groups in total. The molecule has 1 aromatic rings. The Labute approximate surface area is 187 Å². The van der Waals surface area contributed by atoms with Gasteiger partial charge in [-0.15, -0.1) is 0 Å². The lowest BCUT2D eigenvalue weighted by molar-refractivity contribution is -0.152. The number of likely N-dealkylation sites (tertiary alicyclic amines) is 1. The highest BCUT2D eigenvalue weighted by Gasteiger charge is 2.45. The van der Waals surface area contributed by atoms with Gasteiger partial charge in [0, 0.05) is 25.9 Å². The minimum atomic E-state index is -4.36. The van der Waals surface area contributed by atoms with E-state index in [-0.39, 0.29) is 29.9 Å². The standard InChI is InChI=1S/C22H22F3N3O5/c23-22(24,25)9-8-17(30)27-10-12(11-27)4-5-13-2-1-3-14-18(13)21(33)28(20(14)32)15-6-7-16(29)26-19(15)31/h1-3,12,15H,4-11H2,(H,26,29,31). The SMILES string of the molecule is O=C1CCC(N2C(=O)c3cccc(CCC4CN(C(=O)CCC(F)(F)F)C4)c3C2=O)C(=O)N1. The summed E-state index contributed by atoms with van der Waals surface area (Å²) in [6.07, 6.45) is -4.90. The molecule has 0 saturated carbocycles. The maximum absolute atomic E-state index is 13.1. The molecule has 1 aromatic carbocycles. The summed E-state index contributed by atoms with van der Waals surface area (Å²) in [5, 5.41) is 2.16. The fraction of sp³-hybridized carbons (Fsp3) is 0.500. The van der Waals surface area contributed by atoms with Gasteiger partial charge in [0.15, 0.2) is 0 Å². The molecular formula is C22H22F3N3O5. The van der Waals surface area contributed by atoms with Crippen molar-refractivity contribution in [2.45, 2.75) is 50.7 Å². The zero-order valence-electron chi connectivity index (χ0n) is 17.6. The van der Waals surface area contributed by atoms with Crippen LogP contribution in [0.2, 0.25) is 0 Å². The van der Waals surface area contributed by atoms with Crippen molar-refractivity contribution in [1.29, 1.82) is 0 Å². The maximum atomic E-state index is 13.1. The van der Waals surface area contributed by atoms with Gasteiger partial charge in [-0.3, -0.25) is 34.2 Å². The quantitative estimate of drug-likeness (QED) is 0.646. The molecule has 0 radical (unpaired) electrons. The van der Waals surface area contributed by atoms with E-state index in [0.29, 0.717) is 31.5 Å². The first-order valence-electron chi connectivity index (χ1n) is 10.7. The van der Waals surface area contributed by atoms with E-state index in [1.54, 1.807) is 12.1 Å². The fourth-order valence-corrected chi connectivity index (χ4v) is 4.52. The molecule has 0 aliphatic carbocycles. The third-order valence-corrected chi connectivity index (χ3v) is 6.31. The molecule has 1 unspecified atom stereocenters. The number of aryl methyl sites for hydroxylation is 1. The Morgan fingerprint density at radius 2 is 1.82 bits per heavy atom. The number of carbonyl (C=O) groups is 5. The Hall–Kier alpha value is -3.24. The van der Waals surface area contributed by atoms with E-state index < -0.39 is 54.6 Å². The Kier molecular flexibility index (Phi) is 5.98. The van der Waals surface area contributed by atoms with E-state index in [0.717, 1.165) is 4.90 Å². The lowest BCUT2D eigenvalue weighted by Gasteiger charge is -2.39. The fourth-order valence-electron chi connectivity index (χ4n) is 4.52. The maximum Gasteiger partial charge on any atom is 0.389 e. The van der Waals surface area contributed by atoms with Gasteiger partial charge in [-0.2, -0.15) is 13.2 Å². The van der Waals surface area contributed by atoms with Crippen LogP contribution < -0.4 is 5.32 Å². The van der Waals surface area contributed by atoms with Crippen LogP contribution in [0.4, 0.5) is 13.2 Å². The van der Waals surface area contributed by atoms with Crippen LogP contribution in [0.25, 0.3) is 0 Å². The third kappa shape index (κ3) is 4.62. The van der Waals surface area contributed by atoms with Crippen LogP contribution in [0, 0.1) is 5.92 Å². The molecule has 1 atom stereocenters. The number of nitrogens with zero attached hydrogens (tertiary/aromatic N) is 2. The van der Waals surface area contributed by atoms with Crippen LogP contribution in [0.1, 0.15) is 58.4 Å². The second-order valence-corrected chi connectivity index (χ2v) is 8.61. The van der Waals surface area contributed by atoms with Gasteiger partial charge in [0.05, 0.1) is 17.5 Å². The van der Waals surface area contributed by atoms with Crippen LogP contribution in [-0.4, -0.2) is 64.6 Å². The van der Waals surface area contributed by atoms with Crippen molar-refractivity contribution in [2.24, 2.45) is 5.92 Å². The average Bonchev–Trinajstić information content (AvgIpc) is 2.96. The summed E-state index contributed by atoms with van der Waals surface area (Å²) >= 11 is 0. The van der Waals surface area contributed by atoms with Gasteiger partial charge >= 0.3 is 6.18 Å². The molecule has 3 heterocycles. The Balaban J connectivity index is 1.37. The number of amides is 5. The summed E-state index contributed by atoms with van der Waals surface area (Å²) < 4.78 is 36.8. The summed E-state index contributed by atoms with van der Waals surface area (Å²) in [4.78, 5) is 63.7. The van der Waals surface area contributed by atoms with Crippen molar-refractivity contribution < 1.29 is 37.1 Å². The number of rotatable bonds is 6. The Morgan fingerprint density at radius 1 is 1.09 bits per heavy atom. The van der Waals surface area contributed by atoms with E-state index in [1.807, 2.05) is 0 Å². The topological polar surface area (TPSA) is 104 Å². The van der Waals surface area contributed by atoms with Crippen molar-refractivity contribution in [1.82, 2.24) is 15.1 Å². The zero-order chi connectivity index (χ0) is 23.9. The van der Waals surface area contributed by atoms with E-state index >= 15 is 0 Å². The van der Waals surface area contributed by atoms with E-state index in [2.05, 4.69) is 5.32 Å². The minimum Gasteiger partial charge on any atom is -0.342 e. The summed E-state index contributed by atoms with van der Waals surface area (Å²) in [6, 6.07) is 3.87. The van der Waals surface area contributed by atoms with Crippen LogP contribution in [0.5, 0.6) is 0 Å². The number of carbonyl (C=O) groups excluding carboxylic acids is 5. The van der Waals surface area contributed by atoms with E-state index in [1.165, 1.54) is 11.0 Å². The monoisotopic (exact) mass is 465 g/mol. The minimum absolute atomic E-state index is 0.0382. The number of imide groups is 2. The molecule has 0 aromatic heterocycles. The lowest BCUT2D eigenvalue weighted by Crippen LogP contribution is -2.54. The molecule has 33 heavy (non-hydrogen) atoms. The van der Waals surface area contributed by atoms with Crippen molar-refractivity contribution >= 4 is 29.5 Å². The molecule has 11 heteroatoms. The number of benzene rings is 1. The first-order valence-corrected chi connectivity index (χ1v) is 10.7. The smallest absolute Gasteiger partial charge is 0.342 e. The second-order valence-electron chi connectivity index (χ2n) is 8.61. The molecule has 3 aliphatic heterocycles. The zero-order valence-corrected chi connectivity index (χ0v) is 17.6. The normalized spacial score (nSPS) is 21.2. The molecule has 8 nitrogen and oxygen atoms in total. The molecule has 3 aliphatic rings. The summed E-state index contributed by atoms with van der Waals surface area (Å²) in [5.41, 5.74) is 1.09. The van der Waals surface area contributed by atoms with Gasteiger partial charge < -0.3 is 4.90 Å². The summed E-state index contributed by atoms with van der Waals surface area (Å²) in [5.74, 6) is -2.69. The van der Waals surface area contributed by atoms with Crippen LogP contribution >= 0.6 is 0 Å². The van der Waals surface area contributed by atoms with Crippen molar-refractivity contribution in [3.8, 4) is 0 Å². The van der Waals surface area contributed by atoms with Gasteiger partial charge in [-0.25, -0.2) is 0 Å². The summed E-state index contributed by atoms with van der Waals surface area (Å²) in [7, 11) is 0. The van der Waals surface area contributed by atoms with Gasteiger partial charge in [-0.1, -0.05) is 12.1 Å². The first-order chi connectivity index (χ1) is 15.5. The molecule has 5 amide bonds. The largest absolute Gasteiger partial charge is 0.389 e. The number of nitrogens with one attached hydrogen (secondary N) is 1. The first kappa shape index (κ1) is 22.9. The molecular weight excluding hydrogens is 443 g/mol. The van der Waals surface area contributed by atoms with Crippen LogP contribution in [0.3, 0.4) is 0 Å². The molecule has 0 bridgehead atoms. The van der Waals surface area contributed by atoms with Crippen LogP contribution in [0.15, 0.2) is 18.2 Å². The molecule has 0 spiro atoms. The van der Waals surface area contributed by atoms with Gasteiger partial charge in [0.1, 0.15) is 6.04 Å². The van der Waals surface area contributed by atoms with Crippen molar-refractivity contribution in [2.75, 3.05) is 13.1 Å². The van der Waals surface area contributed by atoms with Gasteiger partial charge in [0.25, 0.3) is 11.8 Å². The van der Waals surface area contributed by atoms with Crippen molar-refractivity contribution in [3.63, 3.8) is 0 Å². The molecule has 176 valence electrons. The third-order valence-electron chi connectivity index (χ3n) is 6.31. The van der Waals surface area contributed by atoms with E-state index in [4.69, 9.17) is 0 Å². The number of hydrogen-bond donors (Lipinski definition) is 1. The number of piperidine rings is 1. The van der Waals surface area contributed by atoms with Gasteiger partial charge in [-0.05, 0) is 36.8 Å². The second kappa shape index (κ2) is 8.60. The number of alkyl halides is 3. The molecule has 4 rings (SSSR count). The highest BCUT2D eigenvalue weighted by molar-refractivity contribution is 6.24. The highest BCUT2D eigenvalue weighted by atomic mass is 19.4. The average molecular weight is 465 g/mol. The summed E-state index contributed by atoms with van der Waals surface area (Å²) in [6.45, 7) is 0.724. The number of fused-ring (bicyclic) bond motifs is 1. The number of hydrogen-bond acceptors (Lipinski definition) is 5. The lowest BCUT2D eigenvalue weighted by atomic mass is 9.90. The predicted molar refractivity (Wildman–Crippen MR) is 107 cm³/mol. The predicted octanol–water partition coefficient (Wildman–Crippen LogP) is 1.82.